The molecule has 0 aliphatic carbocycles. The first-order valence-electron chi connectivity index (χ1n) is 7.12. The van der Waals surface area contributed by atoms with Crippen LogP contribution >= 0.6 is 0 Å². The average Bonchev–Trinajstić information content (AvgIpc) is 2.89. The molecule has 18 heavy (non-hydrogen) atoms. The molecule has 0 N–H and O–H groups in total. The molecule has 1 saturated heterocycles. The van der Waals surface area contributed by atoms with Gasteiger partial charge in [0.2, 0.25) is 5.91 Å². The van der Waals surface area contributed by atoms with Gasteiger partial charge in [0.05, 0.1) is 0 Å². The summed E-state index contributed by atoms with van der Waals surface area (Å²) in [5.74, 6) is 0.802. The van der Waals surface area contributed by atoms with E-state index < -0.39 is 0 Å². The number of amides is 1. The van der Waals surface area contributed by atoms with E-state index in [0.717, 1.165) is 25.8 Å². The molecule has 1 amide bonds. The Labute approximate surface area is 110 Å². The quantitative estimate of drug-likeness (QED) is 0.794. The summed E-state index contributed by atoms with van der Waals surface area (Å²) in [6.07, 6.45) is 4.03. The fourth-order valence-electron chi connectivity index (χ4n) is 3.15. The second-order valence-corrected chi connectivity index (χ2v) is 5.08. The Morgan fingerprint density at radius 2 is 2.06 bits per heavy atom. The molecule has 1 aromatic carbocycles. The van der Waals surface area contributed by atoms with Gasteiger partial charge in [-0.3, -0.25) is 4.79 Å². The van der Waals surface area contributed by atoms with Gasteiger partial charge in [0.25, 0.3) is 0 Å². The predicted octanol–water partition coefficient (Wildman–Crippen LogP) is 3.58. The van der Waals surface area contributed by atoms with Crippen LogP contribution in [0.15, 0.2) is 30.3 Å². The maximum Gasteiger partial charge on any atom is 0.222 e. The third kappa shape index (κ3) is 2.58. The number of carbonyl (C=O) groups excluding carboxylic acids is 1. The van der Waals surface area contributed by atoms with E-state index in [2.05, 4.69) is 42.2 Å². The number of hydrogen-bond acceptors (Lipinski definition) is 1. The first-order chi connectivity index (χ1) is 8.77. The molecular formula is C16H23NO. The SMILES string of the molecule is CCC(=O)N1CCC[C@H]1[C@H](CC)c1ccccc1. The molecule has 1 aliphatic rings. The Bertz CT molecular complexity index is 387. The van der Waals surface area contributed by atoms with Crippen molar-refractivity contribution in [2.24, 2.45) is 0 Å². The van der Waals surface area contributed by atoms with Crippen molar-refractivity contribution in [3.63, 3.8) is 0 Å². The highest BCUT2D eigenvalue weighted by Gasteiger charge is 2.33. The number of likely N-dealkylation sites (tertiary alicyclic amines) is 1. The van der Waals surface area contributed by atoms with Crippen molar-refractivity contribution in [2.45, 2.75) is 51.5 Å². The molecule has 2 heteroatoms. The van der Waals surface area contributed by atoms with Crippen LogP contribution in [0.25, 0.3) is 0 Å². The normalized spacial score (nSPS) is 21.0. The Kier molecular flexibility index (Phi) is 4.40. The molecule has 0 aromatic heterocycles. The van der Waals surface area contributed by atoms with Crippen LogP contribution in [0.3, 0.4) is 0 Å². The van der Waals surface area contributed by atoms with Gasteiger partial charge in [0.1, 0.15) is 0 Å². The monoisotopic (exact) mass is 245 g/mol. The Morgan fingerprint density at radius 1 is 1.33 bits per heavy atom. The van der Waals surface area contributed by atoms with E-state index in [1.165, 1.54) is 5.56 Å². The number of hydrogen-bond donors (Lipinski definition) is 0. The molecule has 0 saturated carbocycles. The molecule has 1 aromatic rings. The van der Waals surface area contributed by atoms with E-state index in [1.54, 1.807) is 0 Å². The molecule has 1 aliphatic heterocycles. The summed E-state index contributed by atoms with van der Waals surface area (Å²) < 4.78 is 0. The summed E-state index contributed by atoms with van der Waals surface area (Å²) in [7, 11) is 0. The number of nitrogens with zero attached hydrogens (tertiary/aromatic N) is 1. The third-order valence-corrected chi connectivity index (χ3v) is 4.05. The fourth-order valence-corrected chi connectivity index (χ4v) is 3.15. The zero-order valence-corrected chi connectivity index (χ0v) is 11.4. The lowest BCUT2D eigenvalue weighted by Gasteiger charge is -2.31. The van der Waals surface area contributed by atoms with Gasteiger partial charge < -0.3 is 4.90 Å². The predicted molar refractivity (Wildman–Crippen MR) is 74.5 cm³/mol. The molecule has 98 valence electrons. The van der Waals surface area contributed by atoms with Crippen LogP contribution in [0, 0.1) is 0 Å². The summed E-state index contributed by atoms with van der Waals surface area (Å²) in [4.78, 5) is 14.1. The van der Waals surface area contributed by atoms with Crippen molar-refractivity contribution in [3.05, 3.63) is 35.9 Å². The third-order valence-electron chi connectivity index (χ3n) is 4.05. The lowest BCUT2D eigenvalue weighted by molar-refractivity contribution is -0.132. The standard InChI is InChI=1S/C16H23NO/c1-3-14(13-9-6-5-7-10-13)15-11-8-12-17(15)16(18)4-2/h5-7,9-10,14-15H,3-4,8,11-12H2,1-2H3/t14-,15+/m1/s1. The van der Waals surface area contributed by atoms with Crippen LogP contribution < -0.4 is 0 Å². The molecule has 1 fully saturated rings. The summed E-state index contributed by atoms with van der Waals surface area (Å²) in [6.45, 7) is 5.13. The van der Waals surface area contributed by atoms with Gasteiger partial charge in [0, 0.05) is 24.9 Å². The highest BCUT2D eigenvalue weighted by atomic mass is 16.2. The molecular weight excluding hydrogens is 222 g/mol. The summed E-state index contributed by atoms with van der Waals surface area (Å²) in [5.41, 5.74) is 1.38. The zero-order chi connectivity index (χ0) is 13.0. The first kappa shape index (κ1) is 13.1. The van der Waals surface area contributed by atoms with Crippen LogP contribution in [-0.2, 0) is 4.79 Å². The lowest BCUT2D eigenvalue weighted by atomic mass is 9.87. The number of carbonyl (C=O) groups is 1. The van der Waals surface area contributed by atoms with Crippen LogP contribution in [0.4, 0.5) is 0 Å². The van der Waals surface area contributed by atoms with Crippen LogP contribution in [0.1, 0.15) is 51.0 Å². The van der Waals surface area contributed by atoms with Crippen LogP contribution in [-0.4, -0.2) is 23.4 Å². The largest absolute Gasteiger partial charge is 0.339 e. The van der Waals surface area contributed by atoms with E-state index in [0.29, 0.717) is 24.3 Å². The minimum atomic E-state index is 0.312. The summed E-state index contributed by atoms with van der Waals surface area (Å²) in [6, 6.07) is 11.0. The van der Waals surface area contributed by atoms with Crippen LogP contribution in [0.2, 0.25) is 0 Å². The van der Waals surface area contributed by atoms with Gasteiger partial charge >= 0.3 is 0 Å². The average molecular weight is 245 g/mol. The van der Waals surface area contributed by atoms with E-state index in [9.17, 15) is 4.79 Å². The number of rotatable bonds is 4. The molecule has 2 rings (SSSR count). The first-order valence-corrected chi connectivity index (χ1v) is 7.12. The van der Waals surface area contributed by atoms with Crippen molar-refractivity contribution in [3.8, 4) is 0 Å². The van der Waals surface area contributed by atoms with E-state index in [-0.39, 0.29) is 0 Å². The molecule has 2 atom stereocenters. The van der Waals surface area contributed by atoms with Gasteiger partial charge in [-0.05, 0) is 24.8 Å². The highest BCUT2D eigenvalue weighted by molar-refractivity contribution is 5.76. The molecule has 0 radical (unpaired) electrons. The fraction of sp³-hybridized carbons (Fsp3) is 0.562. The minimum Gasteiger partial charge on any atom is -0.339 e. The summed E-state index contributed by atoms with van der Waals surface area (Å²) >= 11 is 0. The second-order valence-electron chi connectivity index (χ2n) is 5.08. The topological polar surface area (TPSA) is 20.3 Å². The second kappa shape index (κ2) is 6.03. The van der Waals surface area contributed by atoms with Crippen LogP contribution in [0.5, 0.6) is 0 Å². The molecule has 1 heterocycles. The smallest absolute Gasteiger partial charge is 0.222 e. The van der Waals surface area contributed by atoms with Gasteiger partial charge in [-0.15, -0.1) is 0 Å². The van der Waals surface area contributed by atoms with Crippen molar-refractivity contribution >= 4 is 5.91 Å². The molecule has 0 bridgehead atoms. The number of benzene rings is 1. The van der Waals surface area contributed by atoms with Gasteiger partial charge in [-0.2, -0.15) is 0 Å². The molecule has 0 unspecified atom stereocenters. The summed E-state index contributed by atoms with van der Waals surface area (Å²) in [5, 5.41) is 0. The van der Waals surface area contributed by atoms with Gasteiger partial charge in [0.15, 0.2) is 0 Å². The lowest BCUT2D eigenvalue weighted by Crippen LogP contribution is -2.38. The van der Waals surface area contributed by atoms with Crippen molar-refractivity contribution in [1.29, 1.82) is 0 Å². The highest BCUT2D eigenvalue weighted by Crippen LogP contribution is 2.33. The van der Waals surface area contributed by atoms with E-state index >= 15 is 0 Å². The van der Waals surface area contributed by atoms with E-state index in [4.69, 9.17) is 0 Å². The maximum atomic E-state index is 12.0. The van der Waals surface area contributed by atoms with Gasteiger partial charge in [-0.1, -0.05) is 44.2 Å². The van der Waals surface area contributed by atoms with Crippen molar-refractivity contribution in [1.82, 2.24) is 4.90 Å². The van der Waals surface area contributed by atoms with Crippen molar-refractivity contribution in [2.75, 3.05) is 6.54 Å². The molecule has 0 spiro atoms. The zero-order valence-electron chi connectivity index (χ0n) is 11.4. The Balaban J connectivity index is 2.19. The van der Waals surface area contributed by atoms with Gasteiger partial charge in [-0.25, -0.2) is 0 Å². The molecule has 2 nitrogen and oxygen atoms in total. The van der Waals surface area contributed by atoms with Crippen molar-refractivity contribution < 1.29 is 4.79 Å². The minimum absolute atomic E-state index is 0.312. The van der Waals surface area contributed by atoms with E-state index in [1.807, 2.05) is 6.92 Å². The Hall–Kier alpha value is -1.31. The Morgan fingerprint density at radius 3 is 2.67 bits per heavy atom. The maximum absolute atomic E-state index is 12.0.